The van der Waals surface area contributed by atoms with Gasteiger partial charge in [0.25, 0.3) is 0 Å². The summed E-state index contributed by atoms with van der Waals surface area (Å²) in [6.45, 7) is 7.00. The summed E-state index contributed by atoms with van der Waals surface area (Å²) in [6.07, 6.45) is 1.82. The van der Waals surface area contributed by atoms with Crippen LogP contribution in [0.1, 0.15) is 32.3 Å². The number of hydrogen-bond donors (Lipinski definition) is 2. The number of ether oxygens (including phenoxy) is 2. The molecule has 0 aromatic heterocycles. The van der Waals surface area contributed by atoms with E-state index in [0.717, 1.165) is 31.5 Å². The van der Waals surface area contributed by atoms with Gasteiger partial charge < -0.3 is 19.9 Å². The molecule has 19 heavy (non-hydrogen) atoms. The molecule has 0 aliphatic heterocycles. The molecule has 1 rings (SSSR count). The average Bonchev–Trinajstić information content (AvgIpc) is 2.39. The van der Waals surface area contributed by atoms with E-state index in [4.69, 9.17) is 9.47 Å². The first-order valence-electron chi connectivity index (χ1n) is 6.98. The van der Waals surface area contributed by atoms with Crippen LogP contribution in [0.2, 0.25) is 0 Å². The molecule has 0 fully saturated rings. The van der Waals surface area contributed by atoms with E-state index in [0.29, 0.717) is 19.0 Å². The Morgan fingerprint density at radius 2 is 1.95 bits per heavy atom. The molecule has 0 unspecified atom stereocenters. The highest BCUT2D eigenvalue weighted by Crippen LogP contribution is 2.10. The normalized spacial score (nSPS) is 11.1. The van der Waals surface area contributed by atoms with Gasteiger partial charge in [-0.15, -0.1) is 0 Å². The first-order valence-corrected chi connectivity index (χ1v) is 6.98. The fourth-order valence-electron chi connectivity index (χ4n) is 1.88. The summed E-state index contributed by atoms with van der Waals surface area (Å²) in [6, 6.07) is 7.30. The third-order valence-corrected chi connectivity index (χ3v) is 2.74. The van der Waals surface area contributed by atoms with Gasteiger partial charge in [-0.3, -0.25) is 0 Å². The minimum absolute atomic E-state index is 0.0856. The predicted molar refractivity (Wildman–Crippen MR) is 76.1 cm³/mol. The van der Waals surface area contributed by atoms with E-state index < -0.39 is 0 Å². The number of aromatic hydroxyl groups is 1. The van der Waals surface area contributed by atoms with E-state index in [-0.39, 0.29) is 6.29 Å². The molecule has 0 aliphatic carbocycles. The van der Waals surface area contributed by atoms with Crippen LogP contribution in [0.3, 0.4) is 0 Å². The van der Waals surface area contributed by atoms with Crippen molar-refractivity contribution in [1.82, 2.24) is 5.32 Å². The molecule has 0 heterocycles. The molecule has 0 spiro atoms. The molecule has 0 saturated carbocycles. The zero-order valence-electron chi connectivity index (χ0n) is 11.9. The van der Waals surface area contributed by atoms with Gasteiger partial charge in [0.15, 0.2) is 6.29 Å². The van der Waals surface area contributed by atoms with Gasteiger partial charge >= 0.3 is 0 Å². The highest BCUT2D eigenvalue weighted by molar-refractivity contribution is 5.26. The van der Waals surface area contributed by atoms with Gasteiger partial charge in [-0.25, -0.2) is 0 Å². The molecule has 1 aromatic carbocycles. The number of hydrogen-bond acceptors (Lipinski definition) is 4. The van der Waals surface area contributed by atoms with Gasteiger partial charge in [0, 0.05) is 19.8 Å². The van der Waals surface area contributed by atoms with Crippen molar-refractivity contribution in [3.05, 3.63) is 29.8 Å². The lowest BCUT2D eigenvalue weighted by Crippen LogP contribution is -2.21. The number of phenols is 1. The predicted octanol–water partition coefficient (Wildman–Crippen LogP) is 2.66. The average molecular weight is 267 g/mol. The third kappa shape index (κ3) is 7.15. The summed E-state index contributed by atoms with van der Waals surface area (Å²) >= 11 is 0. The van der Waals surface area contributed by atoms with E-state index in [9.17, 15) is 5.11 Å². The lowest BCUT2D eigenvalue weighted by atomic mass is 10.2. The maximum absolute atomic E-state index is 9.35. The molecule has 108 valence electrons. The first-order chi connectivity index (χ1) is 9.26. The second kappa shape index (κ2) is 9.78. The van der Waals surface area contributed by atoms with Gasteiger partial charge in [-0.1, -0.05) is 12.1 Å². The molecule has 4 heteroatoms. The Morgan fingerprint density at radius 1 is 1.21 bits per heavy atom. The summed E-state index contributed by atoms with van der Waals surface area (Å²) in [7, 11) is 0. The fraction of sp³-hybridized carbons (Fsp3) is 0.600. The second-order valence-electron chi connectivity index (χ2n) is 4.33. The molecule has 0 atom stereocenters. The second-order valence-corrected chi connectivity index (χ2v) is 4.33. The standard InChI is InChI=1S/C15H25NO3/c1-3-18-15(19-4-2)9-6-10-16-12-13-7-5-8-14(17)11-13/h5,7-8,11,15-17H,3-4,6,9-10,12H2,1-2H3. The minimum atomic E-state index is -0.0856. The highest BCUT2D eigenvalue weighted by Gasteiger charge is 2.06. The highest BCUT2D eigenvalue weighted by atomic mass is 16.7. The smallest absolute Gasteiger partial charge is 0.157 e. The quantitative estimate of drug-likeness (QED) is 0.505. The van der Waals surface area contributed by atoms with Crippen molar-refractivity contribution >= 4 is 0 Å². The third-order valence-electron chi connectivity index (χ3n) is 2.74. The van der Waals surface area contributed by atoms with Gasteiger partial charge in [0.05, 0.1) is 0 Å². The van der Waals surface area contributed by atoms with Crippen LogP contribution < -0.4 is 5.32 Å². The van der Waals surface area contributed by atoms with Crippen LogP contribution >= 0.6 is 0 Å². The van der Waals surface area contributed by atoms with Crippen LogP contribution in [0.15, 0.2) is 24.3 Å². The molecule has 0 bridgehead atoms. The van der Waals surface area contributed by atoms with Crippen LogP contribution in [-0.4, -0.2) is 31.2 Å². The number of benzene rings is 1. The largest absolute Gasteiger partial charge is 0.508 e. The molecule has 0 aliphatic rings. The monoisotopic (exact) mass is 267 g/mol. The van der Waals surface area contributed by atoms with Crippen LogP contribution in [0.25, 0.3) is 0 Å². The maximum Gasteiger partial charge on any atom is 0.157 e. The van der Waals surface area contributed by atoms with Crippen molar-refractivity contribution in [2.45, 2.75) is 39.5 Å². The Bertz CT molecular complexity index is 338. The Morgan fingerprint density at radius 3 is 2.58 bits per heavy atom. The van der Waals surface area contributed by atoms with Crippen molar-refractivity contribution in [3.8, 4) is 5.75 Å². The Hall–Kier alpha value is -1.10. The summed E-state index contributed by atoms with van der Waals surface area (Å²) in [5.41, 5.74) is 1.09. The van der Waals surface area contributed by atoms with Crippen LogP contribution in [-0.2, 0) is 16.0 Å². The van der Waals surface area contributed by atoms with Crippen molar-refractivity contribution in [2.24, 2.45) is 0 Å². The van der Waals surface area contributed by atoms with E-state index in [1.165, 1.54) is 0 Å². The Kier molecular flexibility index (Phi) is 8.21. The van der Waals surface area contributed by atoms with Crippen molar-refractivity contribution in [3.63, 3.8) is 0 Å². The molecule has 1 aromatic rings. The SMILES string of the molecule is CCOC(CCCNCc1cccc(O)c1)OCC. The summed E-state index contributed by atoms with van der Waals surface area (Å²) < 4.78 is 11.0. The van der Waals surface area contributed by atoms with Crippen LogP contribution in [0.5, 0.6) is 5.75 Å². The Labute approximate surface area is 115 Å². The van der Waals surface area contributed by atoms with Crippen LogP contribution in [0, 0.1) is 0 Å². The summed E-state index contributed by atoms with van der Waals surface area (Å²) in [5, 5.41) is 12.7. The van der Waals surface area contributed by atoms with E-state index in [1.807, 2.05) is 26.0 Å². The summed E-state index contributed by atoms with van der Waals surface area (Å²) in [5.74, 6) is 0.312. The van der Waals surface area contributed by atoms with E-state index in [2.05, 4.69) is 5.32 Å². The number of nitrogens with one attached hydrogen (secondary N) is 1. The van der Waals surface area contributed by atoms with Crippen molar-refractivity contribution < 1.29 is 14.6 Å². The van der Waals surface area contributed by atoms with E-state index >= 15 is 0 Å². The zero-order valence-corrected chi connectivity index (χ0v) is 11.9. The molecule has 4 nitrogen and oxygen atoms in total. The molecule has 0 saturated heterocycles. The lowest BCUT2D eigenvalue weighted by molar-refractivity contribution is -0.139. The maximum atomic E-state index is 9.35. The molecular formula is C15H25NO3. The topological polar surface area (TPSA) is 50.7 Å². The Balaban J connectivity index is 2.13. The molecule has 0 radical (unpaired) electrons. The van der Waals surface area contributed by atoms with Gasteiger partial charge in [0.1, 0.15) is 5.75 Å². The lowest BCUT2D eigenvalue weighted by Gasteiger charge is -2.16. The first kappa shape index (κ1) is 16.0. The van der Waals surface area contributed by atoms with E-state index in [1.54, 1.807) is 12.1 Å². The summed E-state index contributed by atoms with van der Waals surface area (Å²) in [4.78, 5) is 0. The minimum Gasteiger partial charge on any atom is -0.508 e. The zero-order chi connectivity index (χ0) is 13.9. The fourth-order valence-corrected chi connectivity index (χ4v) is 1.88. The van der Waals surface area contributed by atoms with Crippen molar-refractivity contribution in [2.75, 3.05) is 19.8 Å². The van der Waals surface area contributed by atoms with Crippen molar-refractivity contribution in [1.29, 1.82) is 0 Å². The molecular weight excluding hydrogens is 242 g/mol. The van der Waals surface area contributed by atoms with Gasteiger partial charge in [-0.05, 0) is 50.9 Å². The molecule has 2 N–H and O–H groups in total. The number of rotatable bonds is 10. The van der Waals surface area contributed by atoms with Crippen LogP contribution in [0.4, 0.5) is 0 Å². The molecule has 0 amide bonds. The van der Waals surface area contributed by atoms with Gasteiger partial charge in [-0.2, -0.15) is 0 Å². The van der Waals surface area contributed by atoms with Gasteiger partial charge in [0.2, 0.25) is 0 Å². The number of phenolic OH excluding ortho intramolecular Hbond substituents is 1.